The number of esters is 1. The van der Waals surface area contributed by atoms with Gasteiger partial charge in [0.1, 0.15) is 5.75 Å². The summed E-state index contributed by atoms with van der Waals surface area (Å²) in [6, 6.07) is 5.68. The zero-order valence-corrected chi connectivity index (χ0v) is 9.08. The second-order valence-corrected chi connectivity index (χ2v) is 3.75. The lowest BCUT2D eigenvalue weighted by molar-refractivity contribution is -0.131. The van der Waals surface area contributed by atoms with E-state index in [9.17, 15) is 4.79 Å². The zero-order chi connectivity index (χ0) is 9.14. The SMILES string of the molecule is CC(=O)Oc1ccc(I)cc1C. The van der Waals surface area contributed by atoms with Crippen LogP contribution in [0.1, 0.15) is 12.5 Å². The van der Waals surface area contributed by atoms with E-state index in [1.165, 1.54) is 6.92 Å². The van der Waals surface area contributed by atoms with Gasteiger partial charge >= 0.3 is 5.97 Å². The first kappa shape index (κ1) is 9.51. The summed E-state index contributed by atoms with van der Waals surface area (Å²) < 4.78 is 6.10. The molecule has 0 unspecified atom stereocenters. The third-order valence-corrected chi connectivity index (χ3v) is 2.06. The number of halogens is 1. The second kappa shape index (κ2) is 3.89. The van der Waals surface area contributed by atoms with Crippen LogP contribution in [0.15, 0.2) is 18.2 Å². The van der Waals surface area contributed by atoms with Crippen molar-refractivity contribution in [3.05, 3.63) is 27.3 Å². The van der Waals surface area contributed by atoms with Gasteiger partial charge in [-0.05, 0) is 53.3 Å². The van der Waals surface area contributed by atoms with Gasteiger partial charge in [-0.15, -0.1) is 0 Å². The first-order valence-electron chi connectivity index (χ1n) is 3.54. The van der Waals surface area contributed by atoms with Gasteiger partial charge in [-0.25, -0.2) is 0 Å². The Bertz CT molecular complexity index is 307. The second-order valence-electron chi connectivity index (χ2n) is 2.50. The molecule has 0 saturated carbocycles. The minimum absolute atomic E-state index is 0.278. The van der Waals surface area contributed by atoms with Gasteiger partial charge in [-0.3, -0.25) is 4.79 Å². The average molecular weight is 276 g/mol. The van der Waals surface area contributed by atoms with Gasteiger partial charge in [0, 0.05) is 10.5 Å². The summed E-state index contributed by atoms with van der Waals surface area (Å²) in [5.74, 6) is 0.363. The molecule has 3 heteroatoms. The Balaban J connectivity index is 2.93. The average Bonchev–Trinajstić information content (AvgIpc) is 1.94. The quantitative estimate of drug-likeness (QED) is 0.447. The van der Waals surface area contributed by atoms with E-state index >= 15 is 0 Å². The number of aryl methyl sites for hydroxylation is 1. The number of carbonyl (C=O) groups is 1. The predicted molar refractivity (Wildman–Crippen MR) is 55.2 cm³/mol. The molecular weight excluding hydrogens is 267 g/mol. The van der Waals surface area contributed by atoms with Gasteiger partial charge in [-0.2, -0.15) is 0 Å². The van der Waals surface area contributed by atoms with E-state index in [0.717, 1.165) is 9.13 Å². The fourth-order valence-electron chi connectivity index (χ4n) is 0.882. The fourth-order valence-corrected chi connectivity index (χ4v) is 1.53. The highest BCUT2D eigenvalue weighted by Gasteiger charge is 2.01. The number of rotatable bonds is 1. The summed E-state index contributed by atoms with van der Waals surface area (Å²) in [6.07, 6.45) is 0. The van der Waals surface area contributed by atoms with E-state index in [1.54, 1.807) is 6.07 Å². The van der Waals surface area contributed by atoms with Gasteiger partial charge in [0.2, 0.25) is 0 Å². The first-order valence-corrected chi connectivity index (χ1v) is 4.62. The van der Waals surface area contributed by atoms with Gasteiger partial charge < -0.3 is 4.74 Å². The van der Waals surface area contributed by atoms with Crippen LogP contribution in [0.3, 0.4) is 0 Å². The van der Waals surface area contributed by atoms with Crippen LogP contribution in [-0.4, -0.2) is 5.97 Å². The van der Waals surface area contributed by atoms with Crippen molar-refractivity contribution in [3.8, 4) is 5.75 Å². The molecule has 2 nitrogen and oxygen atoms in total. The molecule has 0 aromatic heterocycles. The summed E-state index contributed by atoms with van der Waals surface area (Å²) in [6.45, 7) is 3.32. The van der Waals surface area contributed by atoms with Gasteiger partial charge in [0.25, 0.3) is 0 Å². The topological polar surface area (TPSA) is 26.3 Å². The van der Waals surface area contributed by atoms with Gasteiger partial charge in [0.15, 0.2) is 0 Å². The number of benzene rings is 1. The molecule has 0 aliphatic rings. The monoisotopic (exact) mass is 276 g/mol. The number of carbonyl (C=O) groups excluding carboxylic acids is 1. The molecule has 0 aliphatic carbocycles. The predicted octanol–water partition coefficient (Wildman–Crippen LogP) is 2.52. The highest BCUT2D eigenvalue weighted by atomic mass is 127. The van der Waals surface area contributed by atoms with Crippen LogP contribution in [0.5, 0.6) is 5.75 Å². The highest BCUT2D eigenvalue weighted by Crippen LogP contribution is 2.19. The Kier molecular flexibility index (Phi) is 3.08. The molecule has 1 rings (SSSR count). The van der Waals surface area contributed by atoms with Crippen molar-refractivity contribution in [1.29, 1.82) is 0 Å². The molecule has 0 saturated heterocycles. The maximum Gasteiger partial charge on any atom is 0.308 e. The minimum atomic E-state index is -0.278. The van der Waals surface area contributed by atoms with E-state index in [4.69, 9.17) is 4.74 Å². The maximum atomic E-state index is 10.6. The van der Waals surface area contributed by atoms with Crippen molar-refractivity contribution in [1.82, 2.24) is 0 Å². The molecule has 1 aromatic carbocycles. The summed E-state index contributed by atoms with van der Waals surface area (Å²) in [4.78, 5) is 10.6. The van der Waals surface area contributed by atoms with Crippen molar-refractivity contribution >= 4 is 28.6 Å². The molecule has 1 aromatic rings. The third-order valence-electron chi connectivity index (χ3n) is 1.39. The number of hydrogen-bond donors (Lipinski definition) is 0. The molecule has 0 aliphatic heterocycles. The number of ether oxygens (including phenoxy) is 1. The molecule has 0 bridgehead atoms. The van der Waals surface area contributed by atoms with E-state index in [2.05, 4.69) is 22.6 Å². The molecular formula is C9H9IO2. The van der Waals surface area contributed by atoms with Crippen molar-refractivity contribution in [3.63, 3.8) is 0 Å². The zero-order valence-electron chi connectivity index (χ0n) is 6.93. The molecule has 0 atom stereocenters. The molecule has 0 radical (unpaired) electrons. The molecule has 0 amide bonds. The largest absolute Gasteiger partial charge is 0.426 e. The lowest BCUT2D eigenvalue weighted by atomic mass is 10.2. The van der Waals surface area contributed by atoms with Crippen molar-refractivity contribution in [2.24, 2.45) is 0 Å². The minimum Gasteiger partial charge on any atom is -0.426 e. The third kappa shape index (κ3) is 2.48. The van der Waals surface area contributed by atoms with Gasteiger partial charge in [0.05, 0.1) is 0 Å². The summed E-state index contributed by atoms with van der Waals surface area (Å²) >= 11 is 2.22. The normalized spacial score (nSPS) is 9.58. The molecule has 0 spiro atoms. The molecule has 12 heavy (non-hydrogen) atoms. The lowest BCUT2D eigenvalue weighted by Gasteiger charge is -2.04. The summed E-state index contributed by atoms with van der Waals surface area (Å²) in [5.41, 5.74) is 0.983. The Labute approximate surface area is 85.1 Å². The summed E-state index contributed by atoms with van der Waals surface area (Å²) in [5, 5.41) is 0. The Morgan fingerprint density at radius 1 is 1.50 bits per heavy atom. The summed E-state index contributed by atoms with van der Waals surface area (Å²) in [7, 11) is 0. The Morgan fingerprint density at radius 3 is 2.67 bits per heavy atom. The Morgan fingerprint density at radius 2 is 2.17 bits per heavy atom. The van der Waals surface area contributed by atoms with Crippen LogP contribution in [0.4, 0.5) is 0 Å². The number of hydrogen-bond acceptors (Lipinski definition) is 2. The smallest absolute Gasteiger partial charge is 0.308 e. The van der Waals surface area contributed by atoms with Crippen LogP contribution in [0.25, 0.3) is 0 Å². The van der Waals surface area contributed by atoms with Crippen molar-refractivity contribution in [2.75, 3.05) is 0 Å². The fraction of sp³-hybridized carbons (Fsp3) is 0.222. The van der Waals surface area contributed by atoms with E-state index in [1.807, 2.05) is 19.1 Å². The van der Waals surface area contributed by atoms with Crippen LogP contribution in [0.2, 0.25) is 0 Å². The van der Waals surface area contributed by atoms with Crippen molar-refractivity contribution in [2.45, 2.75) is 13.8 Å². The molecule has 0 N–H and O–H groups in total. The van der Waals surface area contributed by atoms with Crippen LogP contribution >= 0.6 is 22.6 Å². The van der Waals surface area contributed by atoms with Crippen LogP contribution < -0.4 is 4.74 Å². The Hall–Kier alpha value is -0.580. The molecule has 64 valence electrons. The standard InChI is InChI=1S/C9H9IO2/c1-6-5-8(10)3-4-9(6)12-7(2)11/h3-5H,1-2H3. The first-order chi connectivity index (χ1) is 5.59. The van der Waals surface area contributed by atoms with E-state index < -0.39 is 0 Å². The van der Waals surface area contributed by atoms with E-state index in [0.29, 0.717) is 5.75 Å². The van der Waals surface area contributed by atoms with Gasteiger partial charge in [-0.1, -0.05) is 0 Å². The van der Waals surface area contributed by atoms with Crippen LogP contribution in [-0.2, 0) is 4.79 Å². The maximum absolute atomic E-state index is 10.6. The molecule has 0 heterocycles. The van der Waals surface area contributed by atoms with E-state index in [-0.39, 0.29) is 5.97 Å². The highest BCUT2D eigenvalue weighted by molar-refractivity contribution is 14.1. The van der Waals surface area contributed by atoms with Crippen molar-refractivity contribution < 1.29 is 9.53 Å². The van der Waals surface area contributed by atoms with Crippen LogP contribution in [0, 0.1) is 10.5 Å². The lowest BCUT2D eigenvalue weighted by Crippen LogP contribution is -2.02. The molecule has 0 fully saturated rings.